The zero-order valence-electron chi connectivity index (χ0n) is 12.5. The molecule has 2 rings (SSSR count). The van der Waals surface area contributed by atoms with Gasteiger partial charge in [0.1, 0.15) is 0 Å². The van der Waals surface area contributed by atoms with E-state index in [0.29, 0.717) is 21.3 Å². The highest BCUT2D eigenvalue weighted by Gasteiger charge is 2.20. The molecule has 2 aromatic carbocycles. The van der Waals surface area contributed by atoms with E-state index in [4.69, 9.17) is 33.2 Å². The lowest BCUT2D eigenvalue weighted by molar-refractivity contribution is -0.123. The predicted octanol–water partition coefficient (Wildman–Crippen LogP) is 4.05. The molecule has 1 atom stereocenters. The summed E-state index contributed by atoms with van der Waals surface area (Å²) in [6.07, 6.45) is -1.04. The molecule has 5 nitrogen and oxygen atoms in total. The summed E-state index contributed by atoms with van der Waals surface area (Å²) in [6, 6.07) is 12.5. The van der Waals surface area contributed by atoms with Gasteiger partial charge in [-0.2, -0.15) is 5.26 Å². The minimum Gasteiger partial charge on any atom is -0.449 e. The van der Waals surface area contributed by atoms with Gasteiger partial charge in [-0.1, -0.05) is 23.2 Å². The summed E-state index contributed by atoms with van der Waals surface area (Å²) < 4.78 is 5.10. The number of rotatable bonds is 4. The van der Waals surface area contributed by atoms with E-state index in [9.17, 15) is 9.59 Å². The highest BCUT2D eigenvalue weighted by molar-refractivity contribution is 6.35. The van der Waals surface area contributed by atoms with E-state index in [1.807, 2.05) is 6.07 Å². The average molecular weight is 363 g/mol. The molecule has 0 spiro atoms. The lowest BCUT2D eigenvalue weighted by atomic mass is 10.1. The number of amides is 1. The molecule has 122 valence electrons. The Morgan fingerprint density at radius 2 is 1.83 bits per heavy atom. The van der Waals surface area contributed by atoms with Gasteiger partial charge in [-0.3, -0.25) is 4.79 Å². The number of anilines is 1. The normalized spacial score (nSPS) is 11.2. The first kappa shape index (κ1) is 17.8. The van der Waals surface area contributed by atoms with Crippen molar-refractivity contribution in [3.05, 3.63) is 63.6 Å². The summed E-state index contributed by atoms with van der Waals surface area (Å²) in [5.74, 6) is -1.21. The van der Waals surface area contributed by atoms with Crippen molar-refractivity contribution in [3.63, 3.8) is 0 Å². The van der Waals surface area contributed by atoms with Gasteiger partial charge in [0.2, 0.25) is 0 Å². The van der Waals surface area contributed by atoms with Crippen LogP contribution in [0.1, 0.15) is 22.8 Å². The molecule has 1 amide bonds. The molecule has 1 N–H and O–H groups in total. The van der Waals surface area contributed by atoms with E-state index in [1.165, 1.54) is 37.3 Å². The summed E-state index contributed by atoms with van der Waals surface area (Å²) in [5.41, 5.74) is 0.998. The molecule has 0 bridgehead atoms. The van der Waals surface area contributed by atoms with E-state index in [-0.39, 0.29) is 5.56 Å². The third-order valence-corrected chi connectivity index (χ3v) is 3.65. The molecule has 0 fully saturated rings. The van der Waals surface area contributed by atoms with Crippen LogP contribution in [0.4, 0.5) is 5.69 Å². The van der Waals surface area contributed by atoms with Gasteiger partial charge in [0.15, 0.2) is 6.10 Å². The number of benzene rings is 2. The van der Waals surface area contributed by atoms with Crippen molar-refractivity contribution in [2.75, 3.05) is 5.32 Å². The van der Waals surface area contributed by atoms with E-state index in [2.05, 4.69) is 5.32 Å². The van der Waals surface area contributed by atoms with E-state index in [0.717, 1.165) is 0 Å². The molecule has 0 heterocycles. The van der Waals surface area contributed by atoms with Gasteiger partial charge < -0.3 is 10.1 Å². The fourth-order valence-electron chi connectivity index (χ4n) is 1.79. The summed E-state index contributed by atoms with van der Waals surface area (Å²) in [5, 5.41) is 12.0. The zero-order chi connectivity index (χ0) is 17.7. The van der Waals surface area contributed by atoms with Crippen molar-refractivity contribution in [2.24, 2.45) is 0 Å². The second-order valence-corrected chi connectivity index (χ2v) is 5.69. The van der Waals surface area contributed by atoms with Crippen LogP contribution in [-0.2, 0) is 9.53 Å². The third kappa shape index (κ3) is 4.48. The van der Waals surface area contributed by atoms with Gasteiger partial charge in [-0.05, 0) is 49.4 Å². The first-order valence-electron chi connectivity index (χ1n) is 6.88. The van der Waals surface area contributed by atoms with Gasteiger partial charge >= 0.3 is 5.97 Å². The first-order valence-corrected chi connectivity index (χ1v) is 7.63. The molecule has 0 aliphatic heterocycles. The monoisotopic (exact) mass is 362 g/mol. The summed E-state index contributed by atoms with van der Waals surface area (Å²) in [7, 11) is 0. The first-order chi connectivity index (χ1) is 11.4. The van der Waals surface area contributed by atoms with Gasteiger partial charge in [0, 0.05) is 5.02 Å². The number of nitrogens with one attached hydrogen (secondary N) is 1. The predicted molar refractivity (Wildman–Crippen MR) is 91.1 cm³/mol. The molecule has 0 saturated heterocycles. The molecule has 24 heavy (non-hydrogen) atoms. The standard InChI is InChI=1S/C17H12Cl2N2O3/c1-10(16(22)21-15-8-13(18)6-7-14(15)19)24-17(23)12-4-2-11(9-20)3-5-12/h2-8,10H,1H3,(H,21,22)/t10-/m1/s1. The maximum Gasteiger partial charge on any atom is 0.338 e. The molecule has 0 aliphatic rings. The van der Waals surface area contributed by atoms with Crippen molar-refractivity contribution < 1.29 is 14.3 Å². The van der Waals surface area contributed by atoms with Crippen LogP contribution in [0.3, 0.4) is 0 Å². The average Bonchev–Trinajstić information content (AvgIpc) is 2.58. The smallest absolute Gasteiger partial charge is 0.338 e. The molecule has 0 saturated carbocycles. The Morgan fingerprint density at radius 3 is 2.46 bits per heavy atom. The SMILES string of the molecule is C[C@@H](OC(=O)c1ccc(C#N)cc1)C(=O)Nc1cc(Cl)ccc1Cl. The molecular weight excluding hydrogens is 351 g/mol. The summed E-state index contributed by atoms with van der Waals surface area (Å²) >= 11 is 11.8. The van der Waals surface area contributed by atoms with Crippen molar-refractivity contribution >= 4 is 40.8 Å². The number of nitriles is 1. The Labute approximate surface area is 148 Å². The number of ether oxygens (including phenoxy) is 1. The third-order valence-electron chi connectivity index (χ3n) is 3.09. The quantitative estimate of drug-likeness (QED) is 0.832. The number of hydrogen-bond acceptors (Lipinski definition) is 4. The van der Waals surface area contributed by atoms with E-state index < -0.39 is 18.0 Å². The number of esters is 1. The zero-order valence-corrected chi connectivity index (χ0v) is 14.1. The molecule has 0 aliphatic carbocycles. The number of halogens is 2. The van der Waals surface area contributed by atoms with E-state index in [1.54, 1.807) is 12.1 Å². The fourth-order valence-corrected chi connectivity index (χ4v) is 2.13. The lowest BCUT2D eigenvalue weighted by Crippen LogP contribution is -2.30. The minimum absolute atomic E-state index is 0.245. The van der Waals surface area contributed by atoms with Crippen molar-refractivity contribution in [2.45, 2.75) is 13.0 Å². The van der Waals surface area contributed by atoms with Gasteiger partial charge in [0.25, 0.3) is 5.91 Å². The second kappa shape index (κ2) is 7.82. The van der Waals surface area contributed by atoms with Crippen LogP contribution >= 0.6 is 23.2 Å². The van der Waals surface area contributed by atoms with Crippen LogP contribution in [0, 0.1) is 11.3 Å². The lowest BCUT2D eigenvalue weighted by Gasteiger charge is -2.14. The largest absolute Gasteiger partial charge is 0.449 e. The van der Waals surface area contributed by atoms with Crippen LogP contribution < -0.4 is 5.32 Å². The summed E-state index contributed by atoms with van der Waals surface area (Å²) in [6.45, 7) is 1.44. The Hall–Kier alpha value is -2.55. The van der Waals surface area contributed by atoms with Crippen LogP contribution in [-0.4, -0.2) is 18.0 Å². The van der Waals surface area contributed by atoms with Crippen molar-refractivity contribution in [3.8, 4) is 6.07 Å². The van der Waals surface area contributed by atoms with Crippen molar-refractivity contribution in [1.29, 1.82) is 5.26 Å². The van der Waals surface area contributed by atoms with E-state index >= 15 is 0 Å². The topological polar surface area (TPSA) is 79.2 Å². The second-order valence-electron chi connectivity index (χ2n) is 4.85. The molecule has 0 unspecified atom stereocenters. The Kier molecular flexibility index (Phi) is 5.80. The van der Waals surface area contributed by atoms with Crippen LogP contribution in [0.25, 0.3) is 0 Å². The highest BCUT2D eigenvalue weighted by Crippen LogP contribution is 2.25. The Bertz CT molecular complexity index is 814. The number of carbonyl (C=O) groups excluding carboxylic acids is 2. The minimum atomic E-state index is -1.04. The van der Waals surface area contributed by atoms with Gasteiger partial charge in [-0.15, -0.1) is 0 Å². The fraction of sp³-hybridized carbons (Fsp3) is 0.118. The van der Waals surface area contributed by atoms with Crippen LogP contribution in [0.15, 0.2) is 42.5 Å². The number of carbonyl (C=O) groups is 2. The van der Waals surface area contributed by atoms with Gasteiger partial charge in [-0.25, -0.2) is 4.79 Å². The van der Waals surface area contributed by atoms with Crippen LogP contribution in [0.2, 0.25) is 10.0 Å². The number of nitrogens with zero attached hydrogens (tertiary/aromatic N) is 1. The van der Waals surface area contributed by atoms with Crippen LogP contribution in [0.5, 0.6) is 0 Å². The maximum atomic E-state index is 12.1. The summed E-state index contributed by atoms with van der Waals surface area (Å²) in [4.78, 5) is 24.1. The maximum absolute atomic E-state index is 12.1. The number of hydrogen-bond donors (Lipinski definition) is 1. The van der Waals surface area contributed by atoms with Gasteiger partial charge in [0.05, 0.1) is 27.9 Å². The molecular formula is C17H12Cl2N2O3. The molecule has 2 aromatic rings. The Balaban J connectivity index is 2.01. The molecule has 0 aromatic heterocycles. The highest BCUT2D eigenvalue weighted by atomic mass is 35.5. The van der Waals surface area contributed by atoms with Crippen molar-refractivity contribution in [1.82, 2.24) is 0 Å². The molecule has 7 heteroatoms. The Morgan fingerprint density at radius 1 is 1.17 bits per heavy atom. The molecule has 0 radical (unpaired) electrons.